The first-order valence-electron chi connectivity index (χ1n) is 7.33. The van der Waals surface area contributed by atoms with Gasteiger partial charge in [0.2, 0.25) is 0 Å². The minimum absolute atomic E-state index is 0.193. The molecule has 0 unspecified atom stereocenters. The summed E-state index contributed by atoms with van der Waals surface area (Å²) in [7, 11) is 0. The molecular formula is C16H20N2O3. The number of hydrogen-bond donors (Lipinski definition) is 2. The summed E-state index contributed by atoms with van der Waals surface area (Å²) in [5.74, 6) is -1.28. The van der Waals surface area contributed by atoms with E-state index in [-0.39, 0.29) is 17.6 Å². The molecule has 1 heterocycles. The van der Waals surface area contributed by atoms with Crippen molar-refractivity contribution >= 4 is 18.0 Å². The first kappa shape index (κ1) is 15.2. The summed E-state index contributed by atoms with van der Waals surface area (Å²) >= 11 is 0. The molecule has 21 heavy (non-hydrogen) atoms. The number of nitrogens with one attached hydrogen (secondary N) is 1. The molecule has 1 saturated carbocycles. The summed E-state index contributed by atoms with van der Waals surface area (Å²) in [4.78, 5) is 27.0. The average Bonchev–Trinajstić information content (AvgIpc) is 2.74. The predicted molar refractivity (Wildman–Crippen MR) is 79.9 cm³/mol. The van der Waals surface area contributed by atoms with Crippen LogP contribution in [-0.4, -0.2) is 28.0 Å². The number of carbonyl (C=O) groups is 2. The third-order valence-electron chi connectivity index (χ3n) is 3.65. The molecule has 5 heteroatoms. The second-order valence-corrected chi connectivity index (χ2v) is 5.27. The number of pyridine rings is 1. The third kappa shape index (κ3) is 4.70. The van der Waals surface area contributed by atoms with Gasteiger partial charge in [0.1, 0.15) is 5.69 Å². The lowest BCUT2D eigenvalue weighted by Gasteiger charge is -2.16. The van der Waals surface area contributed by atoms with Crippen LogP contribution in [0.3, 0.4) is 0 Å². The highest BCUT2D eigenvalue weighted by Gasteiger charge is 2.18. The van der Waals surface area contributed by atoms with E-state index in [1.165, 1.54) is 18.9 Å². The van der Waals surface area contributed by atoms with Crippen LogP contribution in [0.25, 0.3) is 6.08 Å². The van der Waals surface area contributed by atoms with Crippen LogP contribution < -0.4 is 5.32 Å². The van der Waals surface area contributed by atoms with Crippen molar-refractivity contribution in [2.75, 3.05) is 0 Å². The Morgan fingerprint density at radius 2 is 1.95 bits per heavy atom. The van der Waals surface area contributed by atoms with Crippen molar-refractivity contribution in [3.05, 3.63) is 35.7 Å². The van der Waals surface area contributed by atoms with E-state index < -0.39 is 5.97 Å². The van der Waals surface area contributed by atoms with Gasteiger partial charge in [0, 0.05) is 23.9 Å². The molecule has 1 aliphatic carbocycles. The molecule has 0 spiro atoms. The van der Waals surface area contributed by atoms with Gasteiger partial charge in [-0.25, -0.2) is 4.79 Å². The lowest BCUT2D eigenvalue weighted by atomic mass is 10.1. The number of carboxylic acids is 1. The van der Waals surface area contributed by atoms with E-state index >= 15 is 0 Å². The van der Waals surface area contributed by atoms with Crippen LogP contribution in [0.1, 0.15) is 54.6 Å². The fraction of sp³-hybridized carbons (Fsp3) is 0.438. The van der Waals surface area contributed by atoms with Crippen molar-refractivity contribution in [2.45, 2.75) is 44.6 Å². The molecule has 2 N–H and O–H groups in total. The standard InChI is InChI=1S/C16H20N2O3/c19-14(20)10-9-12-6-5-11-17-15(12)16(21)18-13-7-3-1-2-4-8-13/h5-6,9-11,13H,1-4,7-8H2,(H,18,21)(H,19,20)/b10-9+. The molecule has 0 radical (unpaired) electrons. The summed E-state index contributed by atoms with van der Waals surface area (Å²) in [6, 6.07) is 3.57. The van der Waals surface area contributed by atoms with Crippen LogP contribution in [0.15, 0.2) is 24.4 Å². The first-order valence-corrected chi connectivity index (χ1v) is 7.33. The number of carbonyl (C=O) groups excluding carboxylic acids is 1. The van der Waals surface area contributed by atoms with Crippen LogP contribution in [0.2, 0.25) is 0 Å². The van der Waals surface area contributed by atoms with Gasteiger partial charge in [0.05, 0.1) is 0 Å². The Labute approximate surface area is 124 Å². The number of nitrogens with zero attached hydrogens (tertiary/aromatic N) is 1. The minimum atomic E-state index is -1.05. The SMILES string of the molecule is O=C(O)/C=C/c1cccnc1C(=O)NC1CCCCCC1. The third-order valence-corrected chi connectivity index (χ3v) is 3.65. The van der Waals surface area contributed by atoms with Gasteiger partial charge in [0.25, 0.3) is 5.91 Å². The molecule has 0 saturated heterocycles. The molecule has 1 fully saturated rings. The van der Waals surface area contributed by atoms with E-state index in [1.807, 2.05) is 0 Å². The minimum Gasteiger partial charge on any atom is -0.478 e. The lowest BCUT2D eigenvalue weighted by Crippen LogP contribution is -2.35. The average molecular weight is 288 g/mol. The van der Waals surface area contributed by atoms with Gasteiger partial charge in [-0.05, 0) is 25.0 Å². The van der Waals surface area contributed by atoms with Crippen molar-refractivity contribution in [2.24, 2.45) is 0 Å². The van der Waals surface area contributed by atoms with Gasteiger partial charge in [0.15, 0.2) is 0 Å². The summed E-state index contributed by atoms with van der Waals surface area (Å²) < 4.78 is 0. The van der Waals surface area contributed by atoms with E-state index in [0.717, 1.165) is 31.8 Å². The highest BCUT2D eigenvalue weighted by atomic mass is 16.4. The Morgan fingerprint density at radius 3 is 2.62 bits per heavy atom. The molecule has 1 aromatic rings. The van der Waals surface area contributed by atoms with Crippen LogP contribution in [-0.2, 0) is 4.79 Å². The Balaban J connectivity index is 2.09. The maximum Gasteiger partial charge on any atom is 0.328 e. The number of aromatic nitrogens is 1. The van der Waals surface area contributed by atoms with Crippen LogP contribution in [0, 0.1) is 0 Å². The van der Waals surface area contributed by atoms with Crippen molar-refractivity contribution in [1.82, 2.24) is 10.3 Å². The summed E-state index contributed by atoms with van der Waals surface area (Å²) in [6.07, 6.45) is 10.7. The molecule has 2 rings (SSSR count). The lowest BCUT2D eigenvalue weighted by molar-refractivity contribution is -0.131. The molecule has 0 aliphatic heterocycles. The van der Waals surface area contributed by atoms with E-state index in [4.69, 9.17) is 5.11 Å². The van der Waals surface area contributed by atoms with E-state index in [0.29, 0.717) is 5.56 Å². The zero-order valence-corrected chi connectivity index (χ0v) is 11.9. The second kappa shape index (κ2) is 7.57. The zero-order valence-electron chi connectivity index (χ0n) is 11.9. The smallest absolute Gasteiger partial charge is 0.328 e. The van der Waals surface area contributed by atoms with Gasteiger partial charge in [-0.2, -0.15) is 0 Å². The van der Waals surface area contributed by atoms with E-state index in [2.05, 4.69) is 10.3 Å². The van der Waals surface area contributed by atoms with E-state index in [1.54, 1.807) is 18.3 Å². The fourth-order valence-corrected chi connectivity index (χ4v) is 2.58. The monoisotopic (exact) mass is 288 g/mol. The predicted octanol–water partition coefficient (Wildman–Crippen LogP) is 2.63. The summed E-state index contributed by atoms with van der Waals surface area (Å²) in [5, 5.41) is 11.7. The maximum atomic E-state index is 12.3. The Bertz CT molecular complexity index is 532. The molecule has 1 aromatic heterocycles. The molecule has 0 atom stereocenters. The van der Waals surface area contributed by atoms with Crippen molar-refractivity contribution in [1.29, 1.82) is 0 Å². The Kier molecular flexibility index (Phi) is 5.49. The van der Waals surface area contributed by atoms with Gasteiger partial charge in [-0.3, -0.25) is 9.78 Å². The Hall–Kier alpha value is -2.17. The van der Waals surface area contributed by atoms with Gasteiger partial charge >= 0.3 is 5.97 Å². The molecule has 5 nitrogen and oxygen atoms in total. The molecule has 0 bridgehead atoms. The molecule has 1 aliphatic rings. The fourth-order valence-electron chi connectivity index (χ4n) is 2.58. The zero-order chi connectivity index (χ0) is 15.1. The number of aliphatic carboxylic acids is 1. The van der Waals surface area contributed by atoms with Crippen LogP contribution in [0.4, 0.5) is 0 Å². The quantitative estimate of drug-likeness (QED) is 0.659. The van der Waals surface area contributed by atoms with Gasteiger partial charge in [-0.15, -0.1) is 0 Å². The van der Waals surface area contributed by atoms with Crippen LogP contribution in [0.5, 0.6) is 0 Å². The highest BCUT2D eigenvalue weighted by molar-refractivity contribution is 5.97. The molecular weight excluding hydrogens is 268 g/mol. The van der Waals surface area contributed by atoms with E-state index in [9.17, 15) is 9.59 Å². The van der Waals surface area contributed by atoms with Gasteiger partial charge in [-0.1, -0.05) is 31.7 Å². The molecule has 112 valence electrons. The first-order chi connectivity index (χ1) is 10.2. The number of amides is 1. The normalized spacial score (nSPS) is 16.6. The molecule has 0 aromatic carbocycles. The van der Waals surface area contributed by atoms with Crippen LogP contribution >= 0.6 is 0 Å². The van der Waals surface area contributed by atoms with Crippen molar-refractivity contribution in [3.8, 4) is 0 Å². The summed E-state index contributed by atoms with van der Waals surface area (Å²) in [6.45, 7) is 0. The molecule has 1 amide bonds. The second-order valence-electron chi connectivity index (χ2n) is 5.27. The number of carboxylic acid groups (broad SMARTS) is 1. The topological polar surface area (TPSA) is 79.3 Å². The largest absolute Gasteiger partial charge is 0.478 e. The van der Waals surface area contributed by atoms with Crippen molar-refractivity contribution < 1.29 is 14.7 Å². The maximum absolute atomic E-state index is 12.3. The highest BCUT2D eigenvalue weighted by Crippen LogP contribution is 2.18. The van der Waals surface area contributed by atoms with Gasteiger partial charge < -0.3 is 10.4 Å². The van der Waals surface area contributed by atoms with Crippen molar-refractivity contribution in [3.63, 3.8) is 0 Å². The summed E-state index contributed by atoms with van der Waals surface area (Å²) in [5.41, 5.74) is 0.797. The number of rotatable bonds is 4. The number of hydrogen-bond acceptors (Lipinski definition) is 3. The Morgan fingerprint density at radius 1 is 1.24 bits per heavy atom.